The van der Waals surface area contributed by atoms with E-state index < -0.39 is 0 Å². The first-order valence-corrected chi connectivity index (χ1v) is 10.8. The van der Waals surface area contributed by atoms with Crippen molar-refractivity contribution < 1.29 is 14.3 Å². The van der Waals surface area contributed by atoms with Gasteiger partial charge in [-0.3, -0.25) is 14.5 Å². The Hall–Kier alpha value is -1.88. The van der Waals surface area contributed by atoms with Crippen LogP contribution in [0.15, 0.2) is 30.3 Å². The summed E-state index contributed by atoms with van der Waals surface area (Å²) in [7, 11) is 0. The maximum atomic E-state index is 12.3. The summed E-state index contributed by atoms with van der Waals surface area (Å²) in [5.74, 6) is 0.383. The van der Waals surface area contributed by atoms with Gasteiger partial charge in [0.05, 0.1) is 6.42 Å². The first-order chi connectivity index (χ1) is 13.5. The normalized spacial score (nSPS) is 22.7. The highest BCUT2D eigenvalue weighted by atomic mass is 16.5. The Balaban J connectivity index is 1.37. The van der Waals surface area contributed by atoms with Gasteiger partial charge < -0.3 is 10.1 Å². The number of nitrogens with zero attached hydrogens (tertiary/aromatic N) is 1. The van der Waals surface area contributed by atoms with Gasteiger partial charge in [-0.25, -0.2) is 0 Å². The number of benzene rings is 1. The fraction of sp³-hybridized carbons (Fsp3) is 0.652. The highest BCUT2D eigenvalue weighted by Crippen LogP contribution is 2.25. The summed E-state index contributed by atoms with van der Waals surface area (Å²) in [4.78, 5) is 26.9. The number of rotatable bonds is 8. The van der Waals surface area contributed by atoms with Gasteiger partial charge in [0.25, 0.3) is 0 Å². The molecule has 2 aliphatic rings. The molecule has 1 aliphatic heterocycles. The lowest BCUT2D eigenvalue weighted by atomic mass is 10.0. The van der Waals surface area contributed by atoms with E-state index in [1.165, 1.54) is 5.56 Å². The van der Waals surface area contributed by atoms with Crippen LogP contribution < -0.4 is 5.32 Å². The van der Waals surface area contributed by atoms with E-state index in [4.69, 9.17) is 4.74 Å². The zero-order valence-electron chi connectivity index (χ0n) is 17.2. The lowest BCUT2D eigenvalue weighted by Crippen LogP contribution is -2.38. The van der Waals surface area contributed by atoms with Crippen molar-refractivity contribution in [3.63, 3.8) is 0 Å². The molecule has 1 saturated heterocycles. The summed E-state index contributed by atoms with van der Waals surface area (Å²) in [6.07, 6.45) is 5.41. The van der Waals surface area contributed by atoms with Crippen molar-refractivity contribution >= 4 is 11.9 Å². The average molecular weight is 387 g/mol. The van der Waals surface area contributed by atoms with Crippen molar-refractivity contribution in [3.05, 3.63) is 35.9 Å². The molecule has 2 fully saturated rings. The van der Waals surface area contributed by atoms with Crippen LogP contribution in [0.5, 0.6) is 0 Å². The van der Waals surface area contributed by atoms with E-state index in [1.807, 2.05) is 19.9 Å². The maximum absolute atomic E-state index is 12.3. The molecule has 3 rings (SSSR count). The van der Waals surface area contributed by atoms with Crippen molar-refractivity contribution in [2.45, 2.75) is 71.1 Å². The standard InChI is InChI=1S/C23H34N2O3/c1-17(24-23(27)20-10-6-7-11-20)14-22(26)28-18(2)21-12-13-25(16-21)15-19-8-4-3-5-9-19/h3-5,8-9,17-18,20-21H,6-7,10-16H2,1-2H3,(H,24,27)/t17-,18-,21+/m1/s1. The van der Waals surface area contributed by atoms with Crippen LogP contribution in [0.2, 0.25) is 0 Å². The second-order valence-electron chi connectivity index (χ2n) is 8.56. The lowest BCUT2D eigenvalue weighted by molar-refractivity contribution is -0.151. The summed E-state index contributed by atoms with van der Waals surface area (Å²) in [5, 5.41) is 2.98. The van der Waals surface area contributed by atoms with Crippen LogP contribution in [0, 0.1) is 11.8 Å². The molecule has 0 bridgehead atoms. The summed E-state index contributed by atoms with van der Waals surface area (Å²) in [6.45, 7) is 6.82. The van der Waals surface area contributed by atoms with E-state index in [0.717, 1.165) is 51.7 Å². The molecule has 1 saturated carbocycles. The Kier molecular flexibility index (Phi) is 7.49. The quantitative estimate of drug-likeness (QED) is 0.695. The molecular formula is C23H34N2O3. The molecule has 0 spiro atoms. The predicted octanol–water partition coefficient (Wildman–Crippen LogP) is 3.53. The van der Waals surface area contributed by atoms with Gasteiger partial charge in [-0.2, -0.15) is 0 Å². The molecule has 1 aromatic rings. The fourth-order valence-corrected chi connectivity index (χ4v) is 4.43. The van der Waals surface area contributed by atoms with Gasteiger partial charge in [0.1, 0.15) is 6.10 Å². The van der Waals surface area contributed by atoms with E-state index in [0.29, 0.717) is 5.92 Å². The van der Waals surface area contributed by atoms with Gasteiger partial charge in [0.15, 0.2) is 0 Å². The van der Waals surface area contributed by atoms with Crippen LogP contribution in [0.4, 0.5) is 0 Å². The van der Waals surface area contributed by atoms with Crippen molar-refractivity contribution in [1.82, 2.24) is 10.2 Å². The fourth-order valence-electron chi connectivity index (χ4n) is 4.43. The van der Waals surface area contributed by atoms with Crippen LogP contribution >= 0.6 is 0 Å². The third-order valence-electron chi connectivity index (χ3n) is 6.13. The third kappa shape index (κ3) is 6.06. The number of hydrogen-bond acceptors (Lipinski definition) is 4. The molecule has 5 heteroatoms. The molecule has 0 aromatic heterocycles. The molecule has 154 valence electrons. The number of nitrogens with one attached hydrogen (secondary N) is 1. The molecule has 0 unspecified atom stereocenters. The van der Waals surface area contributed by atoms with Crippen molar-refractivity contribution in [2.75, 3.05) is 13.1 Å². The number of hydrogen-bond donors (Lipinski definition) is 1. The molecule has 1 amide bonds. The summed E-state index contributed by atoms with van der Waals surface area (Å²) < 4.78 is 5.69. The van der Waals surface area contributed by atoms with E-state index in [-0.39, 0.29) is 36.4 Å². The monoisotopic (exact) mass is 386 g/mol. The van der Waals surface area contributed by atoms with Crippen LogP contribution in [-0.2, 0) is 20.9 Å². The minimum atomic E-state index is -0.215. The molecule has 1 aromatic carbocycles. The molecule has 1 heterocycles. The highest BCUT2D eigenvalue weighted by molar-refractivity contribution is 5.80. The zero-order valence-corrected chi connectivity index (χ0v) is 17.2. The number of esters is 1. The van der Waals surface area contributed by atoms with Gasteiger partial charge in [-0.05, 0) is 45.2 Å². The maximum Gasteiger partial charge on any atom is 0.308 e. The molecule has 1 aliphatic carbocycles. The van der Waals surface area contributed by atoms with Gasteiger partial charge in [-0.15, -0.1) is 0 Å². The van der Waals surface area contributed by atoms with E-state index >= 15 is 0 Å². The second-order valence-corrected chi connectivity index (χ2v) is 8.56. The smallest absolute Gasteiger partial charge is 0.308 e. The summed E-state index contributed by atoms with van der Waals surface area (Å²) in [6, 6.07) is 10.3. The third-order valence-corrected chi connectivity index (χ3v) is 6.13. The lowest BCUT2D eigenvalue weighted by Gasteiger charge is -2.22. The molecule has 1 N–H and O–H groups in total. The number of carbonyl (C=O) groups excluding carboxylic acids is 2. The summed E-state index contributed by atoms with van der Waals surface area (Å²) >= 11 is 0. The first-order valence-electron chi connectivity index (χ1n) is 10.8. The topological polar surface area (TPSA) is 58.6 Å². The number of carbonyl (C=O) groups is 2. The largest absolute Gasteiger partial charge is 0.462 e. The Labute approximate surface area is 168 Å². The molecular weight excluding hydrogens is 352 g/mol. The number of amides is 1. The van der Waals surface area contributed by atoms with Gasteiger partial charge in [-0.1, -0.05) is 43.2 Å². The van der Waals surface area contributed by atoms with E-state index in [9.17, 15) is 9.59 Å². The minimum Gasteiger partial charge on any atom is -0.462 e. The van der Waals surface area contributed by atoms with Crippen molar-refractivity contribution in [3.8, 4) is 0 Å². The van der Waals surface area contributed by atoms with Crippen LogP contribution in [0.3, 0.4) is 0 Å². The predicted molar refractivity (Wildman–Crippen MR) is 110 cm³/mol. The number of ether oxygens (including phenoxy) is 1. The van der Waals surface area contributed by atoms with Gasteiger partial charge in [0.2, 0.25) is 5.91 Å². The van der Waals surface area contributed by atoms with E-state index in [1.54, 1.807) is 0 Å². The molecule has 3 atom stereocenters. The minimum absolute atomic E-state index is 0.0917. The number of likely N-dealkylation sites (tertiary alicyclic amines) is 1. The van der Waals surface area contributed by atoms with Crippen molar-refractivity contribution in [1.29, 1.82) is 0 Å². The SMILES string of the molecule is C[C@H](CC(=O)O[C@H](C)[C@H]1CCN(Cc2ccccc2)C1)NC(=O)C1CCCC1. The molecule has 28 heavy (non-hydrogen) atoms. The first kappa shape index (κ1) is 20.8. The zero-order chi connectivity index (χ0) is 19.9. The second kappa shape index (κ2) is 10.1. The van der Waals surface area contributed by atoms with Crippen LogP contribution in [-0.4, -0.2) is 42.0 Å². The Morgan fingerprint density at radius 2 is 1.86 bits per heavy atom. The average Bonchev–Trinajstić information content (AvgIpc) is 3.34. The van der Waals surface area contributed by atoms with Crippen LogP contribution in [0.25, 0.3) is 0 Å². The Morgan fingerprint density at radius 3 is 2.57 bits per heavy atom. The Bertz CT molecular complexity index is 643. The Morgan fingerprint density at radius 1 is 1.14 bits per heavy atom. The van der Waals surface area contributed by atoms with E-state index in [2.05, 4.69) is 34.5 Å². The van der Waals surface area contributed by atoms with Crippen molar-refractivity contribution in [2.24, 2.45) is 11.8 Å². The molecule has 5 nitrogen and oxygen atoms in total. The molecule has 0 radical (unpaired) electrons. The summed E-state index contributed by atoms with van der Waals surface area (Å²) in [5.41, 5.74) is 1.32. The van der Waals surface area contributed by atoms with Gasteiger partial charge in [0, 0.05) is 31.0 Å². The van der Waals surface area contributed by atoms with Crippen LogP contribution in [0.1, 0.15) is 57.9 Å². The highest BCUT2D eigenvalue weighted by Gasteiger charge is 2.30. The van der Waals surface area contributed by atoms with Gasteiger partial charge >= 0.3 is 5.97 Å².